The second-order valence-electron chi connectivity index (χ2n) is 6.12. The van der Waals surface area contributed by atoms with E-state index in [1.54, 1.807) is 0 Å². The molecule has 2 aliphatic heterocycles. The SMILES string of the molecule is COCC1CN(C2CCN(C(C)C)C2)CCN1C. The van der Waals surface area contributed by atoms with Gasteiger partial charge in [0.25, 0.3) is 0 Å². The molecule has 0 radical (unpaired) electrons. The van der Waals surface area contributed by atoms with E-state index in [2.05, 4.69) is 35.6 Å². The molecule has 0 saturated carbocycles. The molecule has 4 heteroatoms. The molecular formula is C14H29N3O. The standard InChI is InChI=1S/C14H29N3O/c1-12(2)16-6-5-13(9-16)17-8-7-15(3)14(10-17)11-18-4/h12-14H,5-11H2,1-4H3. The molecule has 2 saturated heterocycles. The van der Waals surface area contributed by atoms with Gasteiger partial charge in [0, 0.05) is 58.0 Å². The number of likely N-dealkylation sites (tertiary alicyclic amines) is 1. The number of methoxy groups -OCH3 is 1. The van der Waals surface area contributed by atoms with Crippen LogP contribution in [0.4, 0.5) is 0 Å². The van der Waals surface area contributed by atoms with E-state index in [9.17, 15) is 0 Å². The van der Waals surface area contributed by atoms with E-state index in [1.165, 1.54) is 39.1 Å². The van der Waals surface area contributed by atoms with Crippen molar-refractivity contribution in [3.05, 3.63) is 0 Å². The maximum atomic E-state index is 5.34. The number of nitrogens with zero attached hydrogens (tertiary/aromatic N) is 3. The van der Waals surface area contributed by atoms with E-state index in [4.69, 9.17) is 4.74 Å². The Balaban J connectivity index is 1.86. The van der Waals surface area contributed by atoms with E-state index in [-0.39, 0.29) is 0 Å². The summed E-state index contributed by atoms with van der Waals surface area (Å²) in [5.41, 5.74) is 0. The van der Waals surface area contributed by atoms with Gasteiger partial charge in [0.15, 0.2) is 0 Å². The largest absolute Gasteiger partial charge is 0.383 e. The third-order valence-corrected chi connectivity index (χ3v) is 4.61. The highest BCUT2D eigenvalue weighted by Crippen LogP contribution is 2.20. The highest BCUT2D eigenvalue weighted by Gasteiger charge is 2.33. The van der Waals surface area contributed by atoms with Gasteiger partial charge >= 0.3 is 0 Å². The molecule has 0 bridgehead atoms. The zero-order valence-electron chi connectivity index (χ0n) is 12.4. The molecule has 2 atom stereocenters. The molecule has 0 aromatic carbocycles. The zero-order valence-corrected chi connectivity index (χ0v) is 12.4. The smallest absolute Gasteiger partial charge is 0.0630 e. The van der Waals surface area contributed by atoms with E-state index in [0.717, 1.165) is 12.6 Å². The van der Waals surface area contributed by atoms with Crippen molar-refractivity contribution >= 4 is 0 Å². The number of hydrogen-bond acceptors (Lipinski definition) is 4. The lowest BCUT2D eigenvalue weighted by atomic mass is 10.1. The second-order valence-corrected chi connectivity index (χ2v) is 6.12. The van der Waals surface area contributed by atoms with Crippen molar-refractivity contribution < 1.29 is 4.74 Å². The lowest BCUT2D eigenvalue weighted by molar-refractivity contribution is 0.0234. The highest BCUT2D eigenvalue weighted by atomic mass is 16.5. The topological polar surface area (TPSA) is 19.0 Å². The summed E-state index contributed by atoms with van der Waals surface area (Å²) < 4.78 is 5.34. The molecule has 2 heterocycles. The van der Waals surface area contributed by atoms with Crippen LogP contribution in [0.25, 0.3) is 0 Å². The van der Waals surface area contributed by atoms with Crippen LogP contribution in [0.2, 0.25) is 0 Å². The van der Waals surface area contributed by atoms with E-state index >= 15 is 0 Å². The van der Waals surface area contributed by atoms with Crippen molar-refractivity contribution in [3.8, 4) is 0 Å². The summed E-state index contributed by atoms with van der Waals surface area (Å²) >= 11 is 0. The Morgan fingerprint density at radius 3 is 2.56 bits per heavy atom. The third kappa shape index (κ3) is 3.23. The Labute approximate surface area is 112 Å². The molecule has 106 valence electrons. The van der Waals surface area contributed by atoms with Crippen molar-refractivity contribution in [1.29, 1.82) is 0 Å². The molecular weight excluding hydrogens is 226 g/mol. The van der Waals surface area contributed by atoms with Gasteiger partial charge in [0.2, 0.25) is 0 Å². The maximum Gasteiger partial charge on any atom is 0.0630 e. The number of rotatable bonds is 4. The first-order chi connectivity index (χ1) is 8.61. The molecule has 0 N–H and O–H groups in total. The van der Waals surface area contributed by atoms with Crippen molar-refractivity contribution in [3.63, 3.8) is 0 Å². The Kier molecular flexibility index (Phi) is 5.01. The minimum Gasteiger partial charge on any atom is -0.383 e. The van der Waals surface area contributed by atoms with Crippen LogP contribution in [0.15, 0.2) is 0 Å². The van der Waals surface area contributed by atoms with Crippen LogP contribution in [0, 0.1) is 0 Å². The summed E-state index contributed by atoms with van der Waals surface area (Å²) in [6, 6.07) is 2.02. The fourth-order valence-electron chi connectivity index (χ4n) is 3.21. The van der Waals surface area contributed by atoms with Gasteiger partial charge in [-0.15, -0.1) is 0 Å². The second kappa shape index (κ2) is 6.33. The van der Waals surface area contributed by atoms with E-state index in [1.807, 2.05) is 7.11 Å². The Morgan fingerprint density at radius 2 is 1.94 bits per heavy atom. The van der Waals surface area contributed by atoms with Crippen LogP contribution in [-0.4, -0.2) is 86.3 Å². The molecule has 0 spiro atoms. The quantitative estimate of drug-likeness (QED) is 0.737. The van der Waals surface area contributed by atoms with Gasteiger partial charge in [-0.05, 0) is 27.3 Å². The van der Waals surface area contributed by atoms with Gasteiger partial charge in [-0.2, -0.15) is 0 Å². The fraction of sp³-hybridized carbons (Fsp3) is 1.00. The summed E-state index contributed by atoms with van der Waals surface area (Å²) in [4.78, 5) is 7.73. The minimum absolute atomic E-state index is 0.567. The molecule has 2 fully saturated rings. The van der Waals surface area contributed by atoms with Gasteiger partial charge in [-0.3, -0.25) is 14.7 Å². The van der Waals surface area contributed by atoms with Crippen LogP contribution in [-0.2, 0) is 4.74 Å². The monoisotopic (exact) mass is 255 g/mol. The van der Waals surface area contributed by atoms with E-state index in [0.29, 0.717) is 12.1 Å². The Morgan fingerprint density at radius 1 is 1.17 bits per heavy atom. The summed E-state index contributed by atoms with van der Waals surface area (Å²) in [5.74, 6) is 0. The highest BCUT2D eigenvalue weighted by molar-refractivity contribution is 4.90. The number of hydrogen-bond donors (Lipinski definition) is 0. The number of ether oxygens (including phenoxy) is 1. The minimum atomic E-state index is 0.567. The van der Waals surface area contributed by atoms with Crippen LogP contribution in [0.3, 0.4) is 0 Å². The summed E-state index contributed by atoms with van der Waals surface area (Å²) in [6.07, 6.45) is 1.33. The first-order valence-electron chi connectivity index (χ1n) is 7.29. The van der Waals surface area contributed by atoms with Crippen LogP contribution >= 0.6 is 0 Å². The Bertz CT molecular complexity index is 259. The van der Waals surface area contributed by atoms with Crippen molar-refractivity contribution in [2.75, 3.05) is 53.5 Å². The molecule has 0 amide bonds. The van der Waals surface area contributed by atoms with E-state index < -0.39 is 0 Å². The molecule has 2 unspecified atom stereocenters. The van der Waals surface area contributed by atoms with Crippen LogP contribution < -0.4 is 0 Å². The summed E-state index contributed by atoms with van der Waals surface area (Å²) in [7, 11) is 4.03. The molecule has 2 aliphatic rings. The number of likely N-dealkylation sites (N-methyl/N-ethyl adjacent to an activating group) is 1. The molecule has 2 rings (SSSR count). The Hall–Kier alpha value is -0.160. The molecule has 0 aromatic rings. The molecule has 0 aliphatic carbocycles. The number of piperazine rings is 1. The van der Waals surface area contributed by atoms with Crippen LogP contribution in [0.1, 0.15) is 20.3 Å². The maximum absolute atomic E-state index is 5.34. The lowest BCUT2D eigenvalue weighted by Crippen LogP contribution is -2.56. The van der Waals surface area contributed by atoms with Gasteiger partial charge in [-0.25, -0.2) is 0 Å². The fourth-order valence-corrected chi connectivity index (χ4v) is 3.21. The molecule has 4 nitrogen and oxygen atoms in total. The van der Waals surface area contributed by atoms with Gasteiger partial charge in [0.1, 0.15) is 0 Å². The van der Waals surface area contributed by atoms with Crippen molar-refractivity contribution in [2.45, 2.75) is 38.4 Å². The first-order valence-corrected chi connectivity index (χ1v) is 7.29. The summed E-state index contributed by atoms with van der Waals surface area (Å²) in [5, 5.41) is 0. The zero-order chi connectivity index (χ0) is 13.1. The average Bonchev–Trinajstić information content (AvgIpc) is 2.82. The predicted octanol–water partition coefficient (Wildman–Crippen LogP) is 0.732. The summed E-state index contributed by atoms with van der Waals surface area (Å²) in [6.45, 7) is 11.5. The third-order valence-electron chi connectivity index (χ3n) is 4.61. The van der Waals surface area contributed by atoms with Gasteiger partial charge in [-0.1, -0.05) is 0 Å². The normalized spacial score (nSPS) is 32.5. The molecule has 18 heavy (non-hydrogen) atoms. The lowest BCUT2D eigenvalue weighted by Gasteiger charge is -2.42. The van der Waals surface area contributed by atoms with Crippen LogP contribution in [0.5, 0.6) is 0 Å². The van der Waals surface area contributed by atoms with Crippen molar-refractivity contribution in [1.82, 2.24) is 14.7 Å². The first kappa shape index (κ1) is 14.3. The van der Waals surface area contributed by atoms with Gasteiger partial charge in [0.05, 0.1) is 6.61 Å². The van der Waals surface area contributed by atoms with Crippen molar-refractivity contribution in [2.24, 2.45) is 0 Å². The van der Waals surface area contributed by atoms with Gasteiger partial charge < -0.3 is 4.74 Å². The molecule has 0 aromatic heterocycles. The predicted molar refractivity (Wildman–Crippen MR) is 75.0 cm³/mol. The average molecular weight is 255 g/mol.